The summed E-state index contributed by atoms with van der Waals surface area (Å²) in [6, 6.07) is 17.9. The molecule has 2 aromatic carbocycles. The van der Waals surface area contributed by atoms with Gasteiger partial charge in [0, 0.05) is 30.9 Å². The molecule has 1 aromatic heterocycles. The zero-order valence-corrected chi connectivity index (χ0v) is 15.6. The van der Waals surface area contributed by atoms with Crippen molar-refractivity contribution in [3.8, 4) is 0 Å². The first-order chi connectivity index (χ1) is 13.2. The summed E-state index contributed by atoms with van der Waals surface area (Å²) in [5.74, 6) is -0.128. The molecule has 4 rings (SSSR count). The lowest BCUT2D eigenvalue weighted by Crippen LogP contribution is -2.31. The number of hydrogen-bond donors (Lipinski definition) is 1. The van der Waals surface area contributed by atoms with Crippen LogP contribution in [0.4, 0.5) is 5.69 Å². The zero-order chi connectivity index (χ0) is 18.6. The van der Waals surface area contributed by atoms with Crippen molar-refractivity contribution < 1.29 is 4.79 Å². The van der Waals surface area contributed by atoms with Crippen LogP contribution in [-0.4, -0.2) is 17.4 Å². The summed E-state index contributed by atoms with van der Waals surface area (Å²) < 4.78 is 0. The van der Waals surface area contributed by atoms with Gasteiger partial charge in [-0.05, 0) is 41.3 Å². The van der Waals surface area contributed by atoms with E-state index in [4.69, 9.17) is 11.6 Å². The molecule has 0 atom stereocenters. The summed E-state index contributed by atoms with van der Waals surface area (Å²) in [4.78, 5) is 19.1. The van der Waals surface area contributed by atoms with Gasteiger partial charge in [-0.25, -0.2) is 0 Å². The van der Waals surface area contributed by atoms with E-state index in [1.165, 1.54) is 11.1 Å². The molecule has 27 heavy (non-hydrogen) atoms. The number of anilines is 1. The number of rotatable bonds is 4. The number of carbonyl (C=O) groups is 1. The van der Waals surface area contributed by atoms with E-state index in [0.717, 1.165) is 30.8 Å². The molecule has 0 fully saturated rings. The minimum Gasteiger partial charge on any atom is -0.366 e. The van der Waals surface area contributed by atoms with Gasteiger partial charge in [0.1, 0.15) is 0 Å². The van der Waals surface area contributed by atoms with E-state index in [2.05, 4.69) is 39.5 Å². The predicted molar refractivity (Wildman–Crippen MR) is 108 cm³/mol. The highest BCUT2D eigenvalue weighted by molar-refractivity contribution is 6.30. The van der Waals surface area contributed by atoms with Crippen LogP contribution in [0.1, 0.15) is 27.0 Å². The Balaban J connectivity index is 1.44. The second kappa shape index (κ2) is 7.80. The van der Waals surface area contributed by atoms with Gasteiger partial charge in [0.25, 0.3) is 5.91 Å². The van der Waals surface area contributed by atoms with Gasteiger partial charge in [-0.2, -0.15) is 0 Å². The van der Waals surface area contributed by atoms with Crippen molar-refractivity contribution in [1.82, 2.24) is 10.3 Å². The van der Waals surface area contributed by atoms with Crippen LogP contribution in [0.5, 0.6) is 0 Å². The van der Waals surface area contributed by atoms with Crippen LogP contribution in [0.2, 0.25) is 5.02 Å². The summed E-state index contributed by atoms with van der Waals surface area (Å²) >= 11 is 5.89. The Morgan fingerprint density at radius 1 is 1.07 bits per heavy atom. The fourth-order valence-electron chi connectivity index (χ4n) is 3.33. The van der Waals surface area contributed by atoms with Gasteiger partial charge in [0.15, 0.2) is 0 Å². The zero-order valence-electron chi connectivity index (χ0n) is 14.9. The average molecular weight is 378 g/mol. The molecule has 0 unspecified atom stereocenters. The molecule has 0 aliphatic carbocycles. The first-order valence-electron chi connectivity index (χ1n) is 8.98. The van der Waals surface area contributed by atoms with E-state index >= 15 is 0 Å². The van der Waals surface area contributed by atoms with Crippen LogP contribution in [-0.2, 0) is 19.5 Å². The minimum absolute atomic E-state index is 0.128. The molecule has 2 heterocycles. The molecule has 0 bridgehead atoms. The lowest BCUT2D eigenvalue weighted by Gasteiger charge is -2.30. The molecule has 1 N–H and O–H groups in total. The van der Waals surface area contributed by atoms with Crippen LogP contribution >= 0.6 is 11.6 Å². The summed E-state index contributed by atoms with van der Waals surface area (Å²) in [6.45, 7) is 2.22. The quantitative estimate of drug-likeness (QED) is 0.740. The number of pyridine rings is 1. The van der Waals surface area contributed by atoms with E-state index < -0.39 is 0 Å². The Hall–Kier alpha value is -2.85. The maximum Gasteiger partial charge on any atom is 0.253 e. The molecule has 0 saturated heterocycles. The lowest BCUT2D eigenvalue weighted by atomic mass is 9.99. The van der Waals surface area contributed by atoms with E-state index in [1.54, 1.807) is 6.20 Å². The van der Waals surface area contributed by atoms with Crippen LogP contribution in [0.3, 0.4) is 0 Å². The molecule has 5 heteroatoms. The maximum absolute atomic E-state index is 12.5. The SMILES string of the molecule is O=C(NCc1ccc(Cl)cc1)c1cncc(N2CCc3ccccc3C2)c1. The molecule has 0 spiro atoms. The Bertz CT molecular complexity index is 956. The van der Waals surface area contributed by atoms with Crippen molar-refractivity contribution in [3.63, 3.8) is 0 Å². The molecule has 0 radical (unpaired) electrons. The third-order valence-electron chi connectivity index (χ3n) is 4.85. The van der Waals surface area contributed by atoms with Gasteiger partial charge in [-0.3, -0.25) is 9.78 Å². The highest BCUT2D eigenvalue weighted by atomic mass is 35.5. The first-order valence-corrected chi connectivity index (χ1v) is 9.36. The molecule has 1 aliphatic rings. The number of nitrogens with one attached hydrogen (secondary N) is 1. The van der Waals surface area contributed by atoms with Gasteiger partial charge in [0.2, 0.25) is 0 Å². The highest BCUT2D eigenvalue weighted by Crippen LogP contribution is 2.24. The van der Waals surface area contributed by atoms with E-state index in [0.29, 0.717) is 17.1 Å². The van der Waals surface area contributed by atoms with Crippen molar-refractivity contribution in [1.29, 1.82) is 0 Å². The molecule has 1 amide bonds. The number of fused-ring (bicyclic) bond motifs is 1. The van der Waals surface area contributed by atoms with Crippen molar-refractivity contribution in [2.24, 2.45) is 0 Å². The van der Waals surface area contributed by atoms with Crippen LogP contribution in [0.25, 0.3) is 0 Å². The van der Waals surface area contributed by atoms with Gasteiger partial charge >= 0.3 is 0 Å². The minimum atomic E-state index is -0.128. The summed E-state index contributed by atoms with van der Waals surface area (Å²) in [6.07, 6.45) is 4.44. The maximum atomic E-state index is 12.5. The summed E-state index contributed by atoms with van der Waals surface area (Å²) in [5, 5.41) is 3.63. The molecule has 136 valence electrons. The van der Waals surface area contributed by atoms with Crippen molar-refractivity contribution in [2.45, 2.75) is 19.5 Å². The number of halogens is 1. The number of carbonyl (C=O) groups excluding carboxylic acids is 1. The molecular formula is C22H20ClN3O. The van der Waals surface area contributed by atoms with Crippen LogP contribution in [0.15, 0.2) is 67.0 Å². The normalized spacial score (nSPS) is 13.1. The van der Waals surface area contributed by atoms with Gasteiger partial charge in [0.05, 0.1) is 17.4 Å². The number of hydrogen-bond acceptors (Lipinski definition) is 3. The molecule has 3 aromatic rings. The van der Waals surface area contributed by atoms with Crippen LogP contribution in [0, 0.1) is 0 Å². The Labute approximate surface area is 163 Å². The predicted octanol–water partition coefficient (Wildman–Crippen LogP) is 4.23. The number of nitrogens with zero attached hydrogens (tertiary/aromatic N) is 2. The van der Waals surface area contributed by atoms with Crippen molar-refractivity contribution in [3.05, 3.63) is 94.3 Å². The van der Waals surface area contributed by atoms with Gasteiger partial charge in [-0.15, -0.1) is 0 Å². The fourth-order valence-corrected chi connectivity index (χ4v) is 3.45. The van der Waals surface area contributed by atoms with Crippen molar-refractivity contribution >= 4 is 23.2 Å². The second-order valence-corrected chi connectivity index (χ2v) is 7.12. The Morgan fingerprint density at radius 3 is 2.67 bits per heavy atom. The molecule has 4 nitrogen and oxygen atoms in total. The molecular weight excluding hydrogens is 358 g/mol. The van der Waals surface area contributed by atoms with E-state index in [9.17, 15) is 4.79 Å². The Morgan fingerprint density at radius 2 is 1.85 bits per heavy atom. The summed E-state index contributed by atoms with van der Waals surface area (Å²) in [5.41, 5.74) is 5.29. The number of aromatic nitrogens is 1. The summed E-state index contributed by atoms with van der Waals surface area (Å²) in [7, 11) is 0. The van der Waals surface area contributed by atoms with Crippen LogP contribution < -0.4 is 10.2 Å². The third kappa shape index (κ3) is 4.12. The highest BCUT2D eigenvalue weighted by Gasteiger charge is 2.17. The standard InChI is InChI=1S/C22H20ClN3O/c23-20-7-5-16(6-8-20)12-25-22(27)19-11-21(14-24-13-19)26-10-9-17-3-1-2-4-18(17)15-26/h1-8,11,13-14H,9-10,12,15H2,(H,25,27). The van der Waals surface area contributed by atoms with Crippen molar-refractivity contribution in [2.75, 3.05) is 11.4 Å². The Kier molecular flexibility index (Phi) is 5.07. The largest absolute Gasteiger partial charge is 0.366 e. The lowest BCUT2D eigenvalue weighted by molar-refractivity contribution is 0.0950. The molecule has 0 saturated carbocycles. The average Bonchev–Trinajstić information content (AvgIpc) is 2.73. The van der Waals surface area contributed by atoms with E-state index in [1.807, 2.05) is 36.5 Å². The molecule has 1 aliphatic heterocycles. The fraction of sp³-hybridized carbons (Fsp3) is 0.182. The second-order valence-electron chi connectivity index (χ2n) is 6.68. The third-order valence-corrected chi connectivity index (χ3v) is 5.10. The van der Waals surface area contributed by atoms with Gasteiger partial charge in [-0.1, -0.05) is 48.0 Å². The first kappa shape index (κ1) is 17.6. The van der Waals surface area contributed by atoms with E-state index in [-0.39, 0.29) is 5.91 Å². The van der Waals surface area contributed by atoms with Gasteiger partial charge < -0.3 is 10.2 Å². The number of amides is 1. The monoisotopic (exact) mass is 377 g/mol. The number of benzene rings is 2. The smallest absolute Gasteiger partial charge is 0.253 e. The topological polar surface area (TPSA) is 45.2 Å².